The Labute approximate surface area is 232 Å². The van der Waals surface area contributed by atoms with Crippen LogP contribution in [0.5, 0.6) is 0 Å². The van der Waals surface area contributed by atoms with E-state index < -0.39 is 28.5 Å². The molecule has 0 heterocycles. The smallest absolute Gasteiger partial charge is 0.264 e. The number of rotatable bonds is 12. The number of carbonyl (C=O) groups excluding carboxylic acids is 2. The fourth-order valence-electron chi connectivity index (χ4n) is 4.36. The molecule has 0 radical (unpaired) electrons. The van der Waals surface area contributed by atoms with Crippen LogP contribution in [0, 0.1) is 19.8 Å². The molecule has 7 nitrogen and oxygen atoms in total. The van der Waals surface area contributed by atoms with Gasteiger partial charge in [0.05, 0.1) is 10.6 Å². The first-order valence-electron chi connectivity index (χ1n) is 13.3. The molecule has 1 atom stereocenters. The second-order valence-electron chi connectivity index (χ2n) is 10.1. The molecule has 1 N–H and O–H groups in total. The SMILES string of the molecule is CC[C@H](C(=O)NCC(C)C)N(Cc1ccccc1)C(=O)CN(c1cccc(C)c1C)S(=O)(=O)c1ccccc1. The zero-order chi connectivity index (χ0) is 28.6. The van der Waals surface area contributed by atoms with Crippen molar-refractivity contribution in [2.75, 3.05) is 17.4 Å². The average molecular weight is 550 g/mol. The third kappa shape index (κ3) is 7.47. The fraction of sp³-hybridized carbons (Fsp3) is 0.355. The summed E-state index contributed by atoms with van der Waals surface area (Å²) in [6.07, 6.45) is 0.386. The predicted octanol–water partition coefficient (Wildman–Crippen LogP) is 5.08. The second kappa shape index (κ2) is 13.4. The van der Waals surface area contributed by atoms with Crippen LogP contribution < -0.4 is 9.62 Å². The Morgan fingerprint density at radius 2 is 1.49 bits per heavy atom. The number of amides is 2. The van der Waals surface area contributed by atoms with E-state index in [9.17, 15) is 18.0 Å². The number of hydrogen-bond donors (Lipinski definition) is 1. The number of aryl methyl sites for hydroxylation is 1. The van der Waals surface area contributed by atoms with E-state index >= 15 is 0 Å². The zero-order valence-electron chi connectivity index (χ0n) is 23.4. The quantitative estimate of drug-likeness (QED) is 0.341. The fourth-order valence-corrected chi connectivity index (χ4v) is 5.85. The van der Waals surface area contributed by atoms with Gasteiger partial charge in [0.1, 0.15) is 12.6 Å². The van der Waals surface area contributed by atoms with E-state index in [0.717, 1.165) is 16.7 Å². The summed E-state index contributed by atoms with van der Waals surface area (Å²) in [4.78, 5) is 28.9. The van der Waals surface area contributed by atoms with Gasteiger partial charge in [0.2, 0.25) is 11.8 Å². The summed E-state index contributed by atoms with van der Waals surface area (Å²) >= 11 is 0. The highest BCUT2D eigenvalue weighted by Crippen LogP contribution is 2.29. The molecule has 0 unspecified atom stereocenters. The van der Waals surface area contributed by atoms with Gasteiger partial charge in [0.15, 0.2) is 0 Å². The van der Waals surface area contributed by atoms with E-state index in [0.29, 0.717) is 18.7 Å². The maximum atomic E-state index is 14.1. The monoisotopic (exact) mass is 549 g/mol. The summed E-state index contributed by atoms with van der Waals surface area (Å²) in [7, 11) is -4.08. The van der Waals surface area contributed by atoms with Crippen LogP contribution in [0.25, 0.3) is 0 Å². The lowest BCUT2D eigenvalue weighted by Crippen LogP contribution is -2.52. The van der Waals surface area contributed by atoms with Gasteiger partial charge in [-0.15, -0.1) is 0 Å². The highest BCUT2D eigenvalue weighted by atomic mass is 32.2. The Hall–Kier alpha value is -3.65. The molecule has 3 rings (SSSR count). The normalized spacial score (nSPS) is 12.2. The van der Waals surface area contributed by atoms with Crippen molar-refractivity contribution in [3.05, 3.63) is 95.6 Å². The Balaban J connectivity index is 2.06. The Kier molecular flexibility index (Phi) is 10.3. The molecule has 0 fully saturated rings. The summed E-state index contributed by atoms with van der Waals surface area (Å²) in [5.74, 6) is -0.453. The van der Waals surface area contributed by atoms with Gasteiger partial charge in [-0.3, -0.25) is 13.9 Å². The van der Waals surface area contributed by atoms with Crippen LogP contribution >= 0.6 is 0 Å². The largest absolute Gasteiger partial charge is 0.354 e. The number of anilines is 1. The van der Waals surface area contributed by atoms with E-state index in [1.165, 1.54) is 21.3 Å². The lowest BCUT2D eigenvalue weighted by Gasteiger charge is -2.33. The molecule has 0 spiro atoms. The number of sulfonamides is 1. The van der Waals surface area contributed by atoms with Crippen LogP contribution in [0.4, 0.5) is 5.69 Å². The lowest BCUT2D eigenvalue weighted by molar-refractivity contribution is -0.140. The van der Waals surface area contributed by atoms with Crippen molar-refractivity contribution < 1.29 is 18.0 Å². The van der Waals surface area contributed by atoms with E-state index in [-0.39, 0.29) is 23.3 Å². The van der Waals surface area contributed by atoms with Crippen molar-refractivity contribution >= 4 is 27.5 Å². The second-order valence-corrected chi connectivity index (χ2v) is 12.0. The van der Waals surface area contributed by atoms with Crippen molar-refractivity contribution in [2.24, 2.45) is 5.92 Å². The first kappa shape index (κ1) is 29.9. The Morgan fingerprint density at radius 1 is 0.872 bits per heavy atom. The maximum Gasteiger partial charge on any atom is 0.264 e. The molecule has 0 saturated carbocycles. The molecule has 3 aromatic carbocycles. The third-order valence-electron chi connectivity index (χ3n) is 6.72. The predicted molar refractivity (Wildman–Crippen MR) is 156 cm³/mol. The molecule has 208 valence electrons. The molecule has 0 aliphatic carbocycles. The summed E-state index contributed by atoms with van der Waals surface area (Å²) in [5, 5.41) is 2.95. The molecule has 0 saturated heterocycles. The van der Waals surface area contributed by atoms with Crippen LogP contribution in [0.3, 0.4) is 0 Å². The number of nitrogens with one attached hydrogen (secondary N) is 1. The van der Waals surface area contributed by atoms with Gasteiger partial charge in [-0.1, -0.05) is 81.4 Å². The van der Waals surface area contributed by atoms with E-state index in [2.05, 4.69) is 5.32 Å². The summed E-state index contributed by atoms with van der Waals surface area (Å²) < 4.78 is 29.0. The van der Waals surface area contributed by atoms with Gasteiger partial charge in [-0.05, 0) is 61.1 Å². The molecule has 0 aromatic heterocycles. The van der Waals surface area contributed by atoms with E-state index in [1.54, 1.807) is 30.3 Å². The van der Waals surface area contributed by atoms with Crippen molar-refractivity contribution in [1.29, 1.82) is 0 Å². The number of benzene rings is 3. The molecule has 3 aromatic rings. The van der Waals surface area contributed by atoms with E-state index in [1.807, 2.05) is 71.0 Å². The molecule has 0 aliphatic rings. The van der Waals surface area contributed by atoms with Gasteiger partial charge in [-0.2, -0.15) is 0 Å². The van der Waals surface area contributed by atoms with Gasteiger partial charge < -0.3 is 10.2 Å². The van der Waals surface area contributed by atoms with Crippen LogP contribution in [-0.4, -0.2) is 44.3 Å². The number of nitrogens with zero attached hydrogens (tertiary/aromatic N) is 2. The minimum absolute atomic E-state index is 0.0926. The Morgan fingerprint density at radius 3 is 2.08 bits per heavy atom. The van der Waals surface area contributed by atoms with Crippen LogP contribution in [0.15, 0.2) is 83.8 Å². The van der Waals surface area contributed by atoms with Crippen molar-refractivity contribution in [3.8, 4) is 0 Å². The van der Waals surface area contributed by atoms with Crippen molar-refractivity contribution in [2.45, 2.75) is 58.5 Å². The van der Waals surface area contributed by atoms with Crippen molar-refractivity contribution in [3.63, 3.8) is 0 Å². The third-order valence-corrected chi connectivity index (χ3v) is 8.49. The van der Waals surface area contributed by atoms with Gasteiger partial charge in [0, 0.05) is 13.1 Å². The van der Waals surface area contributed by atoms with Gasteiger partial charge in [-0.25, -0.2) is 8.42 Å². The van der Waals surface area contributed by atoms with E-state index in [4.69, 9.17) is 0 Å². The maximum absolute atomic E-state index is 14.1. The molecule has 0 aliphatic heterocycles. The summed E-state index contributed by atoms with van der Waals surface area (Å²) in [5.41, 5.74) is 2.96. The molecular weight excluding hydrogens is 510 g/mol. The standard InChI is InChI=1S/C31H39N3O4S/c1-6-28(31(36)32-20-23(2)3)33(21-26-15-9-7-10-16-26)30(35)22-34(29-19-13-14-24(4)25(29)5)39(37,38)27-17-11-8-12-18-27/h7-19,23,28H,6,20-22H2,1-5H3,(H,32,36)/t28-/m1/s1. The van der Waals surface area contributed by atoms with Gasteiger partial charge >= 0.3 is 0 Å². The highest BCUT2D eigenvalue weighted by molar-refractivity contribution is 7.92. The lowest BCUT2D eigenvalue weighted by atomic mass is 10.1. The topological polar surface area (TPSA) is 86.8 Å². The highest BCUT2D eigenvalue weighted by Gasteiger charge is 2.34. The minimum Gasteiger partial charge on any atom is -0.354 e. The number of hydrogen-bond acceptors (Lipinski definition) is 4. The average Bonchev–Trinajstić information content (AvgIpc) is 2.93. The molecule has 8 heteroatoms. The first-order chi connectivity index (χ1) is 18.6. The first-order valence-corrected chi connectivity index (χ1v) is 14.7. The Bertz CT molecular complexity index is 1360. The molecular formula is C31H39N3O4S. The summed E-state index contributed by atoms with van der Waals surface area (Å²) in [6.45, 7) is 9.84. The van der Waals surface area contributed by atoms with Gasteiger partial charge in [0.25, 0.3) is 10.0 Å². The van der Waals surface area contributed by atoms with Crippen LogP contribution in [-0.2, 0) is 26.2 Å². The van der Waals surface area contributed by atoms with Crippen LogP contribution in [0.2, 0.25) is 0 Å². The minimum atomic E-state index is -4.08. The molecule has 2 amide bonds. The molecule has 0 bridgehead atoms. The zero-order valence-corrected chi connectivity index (χ0v) is 24.2. The van der Waals surface area contributed by atoms with Crippen molar-refractivity contribution in [1.82, 2.24) is 10.2 Å². The molecule has 39 heavy (non-hydrogen) atoms. The van der Waals surface area contributed by atoms with Crippen LogP contribution in [0.1, 0.15) is 43.9 Å². The summed E-state index contributed by atoms with van der Waals surface area (Å²) in [6, 6.07) is 22.2. The number of carbonyl (C=O) groups is 2.